The van der Waals surface area contributed by atoms with Crippen LogP contribution < -0.4 is 5.32 Å². The number of carbonyl (C=O) groups excluding carboxylic acids is 1. The van der Waals surface area contributed by atoms with Crippen molar-refractivity contribution in [2.45, 2.75) is 39.7 Å². The Labute approximate surface area is 116 Å². The summed E-state index contributed by atoms with van der Waals surface area (Å²) in [7, 11) is 0. The number of rotatable bonds is 3. The van der Waals surface area contributed by atoms with Crippen molar-refractivity contribution in [1.29, 1.82) is 0 Å². The van der Waals surface area contributed by atoms with Gasteiger partial charge in [0.1, 0.15) is 11.5 Å². The summed E-state index contributed by atoms with van der Waals surface area (Å²) in [6.45, 7) is 8.63. The lowest BCUT2D eigenvalue weighted by Gasteiger charge is -2.15. The van der Waals surface area contributed by atoms with Gasteiger partial charge in [-0.1, -0.05) is 25.9 Å². The van der Waals surface area contributed by atoms with E-state index in [4.69, 9.17) is 4.52 Å². The fourth-order valence-corrected chi connectivity index (χ4v) is 2.60. The molecule has 0 aliphatic heterocycles. The highest BCUT2D eigenvalue weighted by atomic mass is 32.1. The number of aryl methyl sites for hydroxylation is 1. The molecule has 0 radical (unpaired) electrons. The van der Waals surface area contributed by atoms with Crippen LogP contribution in [0.1, 0.15) is 46.8 Å². The Morgan fingerprint density at radius 1 is 1.42 bits per heavy atom. The SMILES string of the molecule is Cc1cc(CNC(=O)c2ccc(C(C)(C)C)s2)no1. The molecule has 0 aliphatic carbocycles. The number of carbonyl (C=O) groups is 1. The van der Waals surface area contributed by atoms with E-state index in [0.29, 0.717) is 6.54 Å². The number of nitrogens with zero attached hydrogens (tertiary/aromatic N) is 1. The fraction of sp³-hybridized carbons (Fsp3) is 0.429. The van der Waals surface area contributed by atoms with Gasteiger partial charge in [-0.2, -0.15) is 0 Å². The molecule has 0 aliphatic rings. The van der Waals surface area contributed by atoms with E-state index in [-0.39, 0.29) is 11.3 Å². The van der Waals surface area contributed by atoms with Crippen LogP contribution >= 0.6 is 11.3 Å². The predicted octanol–water partition coefficient (Wildman–Crippen LogP) is 3.27. The van der Waals surface area contributed by atoms with Crippen LogP contribution in [0.4, 0.5) is 0 Å². The van der Waals surface area contributed by atoms with Gasteiger partial charge in [0.15, 0.2) is 0 Å². The van der Waals surface area contributed by atoms with E-state index in [1.165, 1.54) is 16.2 Å². The molecule has 0 unspecified atom stereocenters. The zero-order valence-corrected chi connectivity index (χ0v) is 12.4. The van der Waals surface area contributed by atoms with E-state index in [1.807, 2.05) is 25.1 Å². The maximum absolute atomic E-state index is 12.0. The second kappa shape index (κ2) is 5.17. The van der Waals surface area contributed by atoms with Crippen molar-refractivity contribution in [3.8, 4) is 0 Å². The molecule has 0 saturated carbocycles. The predicted molar refractivity (Wildman–Crippen MR) is 75.4 cm³/mol. The van der Waals surface area contributed by atoms with Crippen molar-refractivity contribution >= 4 is 17.2 Å². The number of hydrogen-bond acceptors (Lipinski definition) is 4. The average molecular weight is 278 g/mol. The third-order valence-corrected chi connectivity index (χ3v) is 4.19. The van der Waals surface area contributed by atoms with E-state index >= 15 is 0 Å². The molecule has 0 bridgehead atoms. The molecule has 19 heavy (non-hydrogen) atoms. The second-order valence-corrected chi connectivity index (χ2v) is 6.61. The van der Waals surface area contributed by atoms with Crippen LogP contribution in [0.2, 0.25) is 0 Å². The maximum Gasteiger partial charge on any atom is 0.261 e. The normalized spacial score (nSPS) is 11.6. The summed E-state index contributed by atoms with van der Waals surface area (Å²) in [5.74, 6) is 0.677. The molecule has 0 fully saturated rings. The molecule has 1 N–H and O–H groups in total. The van der Waals surface area contributed by atoms with Crippen molar-refractivity contribution in [2.75, 3.05) is 0 Å². The molecule has 2 aromatic heterocycles. The average Bonchev–Trinajstić information content (AvgIpc) is 2.93. The molecule has 0 atom stereocenters. The summed E-state index contributed by atoms with van der Waals surface area (Å²) in [4.78, 5) is 13.9. The molecule has 102 valence electrons. The van der Waals surface area contributed by atoms with Crippen LogP contribution in [0.5, 0.6) is 0 Å². The standard InChI is InChI=1S/C14H18N2O2S/c1-9-7-10(16-18-9)8-15-13(17)11-5-6-12(19-11)14(2,3)4/h5-7H,8H2,1-4H3,(H,15,17). The van der Waals surface area contributed by atoms with Crippen LogP contribution in [0.3, 0.4) is 0 Å². The van der Waals surface area contributed by atoms with E-state index < -0.39 is 0 Å². The van der Waals surface area contributed by atoms with Crippen LogP contribution in [0.15, 0.2) is 22.7 Å². The van der Waals surface area contributed by atoms with Crippen molar-refractivity contribution in [3.63, 3.8) is 0 Å². The largest absolute Gasteiger partial charge is 0.361 e. The van der Waals surface area contributed by atoms with Crippen LogP contribution in [0, 0.1) is 6.92 Å². The monoisotopic (exact) mass is 278 g/mol. The van der Waals surface area contributed by atoms with Crippen LogP contribution in [-0.2, 0) is 12.0 Å². The smallest absolute Gasteiger partial charge is 0.261 e. The van der Waals surface area contributed by atoms with E-state index in [0.717, 1.165) is 16.3 Å². The van der Waals surface area contributed by atoms with Gasteiger partial charge < -0.3 is 9.84 Å². The molecule has 4 nitrogen and oxygen atoms in total. The first-order valence-electron chi connectivity index (χ1n) is 6.17. The van der Waals surface area contributed by atoms with E-state index in [1.54, 1.807) is 0 Å². The molecular weight excluding hydrogens is 260 g/mol. The summed E-state index contributed by atoms with van der Waals surface area (Å²) in [6, 6.07) is 5.70. The highest BCUT2D eigenvalue weighted by molar-refractivity contribution is 7.14. The van der Waals surface area contributed by atoms with E-state index in [9.17, 15) is 4.79 Å². The lowest BCUT2D eigenvalue weighted by Crippen LogP contribution is -2.21. The minimum atomic E-state index is -0.0684. The quantitative estimate of drug-likeness (QED) is 0.937. The first-order valence-corrected chi connectivity index (χ1v) is 6.98. The zero-order valence-electron chi connectivity index (χ0n) is 11.6. The van der Waals surface area contributed by atoms with Crippen molar-refractivity contribution in [2.24, 2.45) is 0 Å². The maximum atomic E-state index is 12.0. The number of nitrogens with one attached hydrogen (secondary N) is 1. The Balaban J connectivity index is 1.98. The first kappa shape index (κ1) is 13.8. The molecule has 2 rings (SSSR count). The highest BCUT2D eigenvalue weighted by Gasteiger charge is 2.18. The third kappa shape index (κ3) is 3.44. The second-order valence-electron chi connectivity index (χ2n) is 5.53. The van der Waals surface area contributed by atoms with Gasteiger partial charge >= 0.3 is 0 Å². The van der Waals surface area contributed by atoms with Crippen LogP contribution in [-0.4, -0.2) is 11.1 Å². The van der Waals surface area contributed by atoms with Gasteiger partial charge in [-0.15, -0.1) is 11.3 Å². The Morgan fingerprint density at radius 2 is 2.16 bits per heavy atom. The molecular formula is C14H18N2O2S. The number of amides is 1. The Bertz CT molecular complexity index is 578. The number of aromatic nitrogens is 1. The molecule has 0 spiro atoms. The van der Waals surface area contributed by atoms with Gasteiger partial charge in [0.05, 0.1) is 11.4 Å². The Kier molecular flexibility index (Phi) is 3.75. The van der Waals surface area contributed by atoms with Gasteiger partial charge in [0, 0.05) is 10.9 Å². The molecule has 5 heteroatoms. The summed E-state index contributed by atoms with van der Waals surface area (Å²) in [6.07, 6.45) is 0. The summed E-state index contributed by atoms with van der Waals surface area (Å²) in [5, 5.41) is 6.68. The van der Waals surface area contributed by atoms with Gasteiger partial charge in [-0.3, -0.25) is 4.79 Å². The summed E-state index contributed by atoms with van der Waals surface area (Å²) < 4.78 is 4.95. The Morgan fingerprint density at radius 3 is 2.68 bits per heavy atom. The Hall–Kier alpha value is -1.62. The molecule has 0 aromatic carbocycles. The fourth-order valence-electron chi connectivity index (χ4n) is 1.62. The highest BCUT2D eigenvalue weighted by Crippen LogP contribution is 2.29. The lowest BCUT2D eigenvalue weighted by molar-refractivity contribution is 0.0954. The van der Waals surface area contributed by atoms with Gasteiger partial charge in [-0.25, -0.2) is 0 Å². The minimum absolute atomic E-state index is 0.0684. The van der Waals surface area contributed by atoms with Crippen LogP contribution in [0.25, 0.3) is 0 Å². The molecule has 1 amide bonds. The summed E-state index contributed by atoms with van der Waals surface area (Å²) in [5.41, 5.74) is 0.810. The van der Waals surface area contributed by atoms with E-state index in [2.05, 4.69) is 31.2 Å². The van der Waals surface area contributed by atoms with Crippen molar-refractivity contribution in [3.05, 3.63) is 39.4 Å². The number of thiophene rings is 1. The minimum Gasteiger partial charge on any atom is -0.361 e. The van der Waals surface area contributed by atoms with Gasteiger partial charge in [0.25, 0.3) is 5.91 Å². The lowest BCUT2D eigenvalue weighted by atomic mass is 9.95. The van der Waals surface area contributed by atoms with Gasteiger partial charge in [-0.05, 0) is 24.5 Å². The third-order valence-electron chi connectivity index (χ3n) is 2.68. The summed E-state index contributed by atoms with van der Waals surface area (Å²) >= 11 is 1.53. The first-order chi connectivity index (χ1) is 8.86. The molecule has 2 heterocycles. The number of hydrogen-bond donors (Lipinski definition) is 1. The molecule has 0 saturated heterocycles. The van der Waals surface area contributed by atoms with Gasteiger partial charge in [0.2, 0.25) is 0 Å². The van der Waals surface area contributed by atoms with Crippen molar-refractivity contribution < 1.29 is 9.32 Å². The molecule has 2 aromatic rings. The topological polar surface area (TPSA) is 55.1 Å². The zero-order chi connectivity index (χ0) is 14.0. The van der Waals surface area contributed by atoms with Crippen molar-refractivity contribution in [1.82, 2.24) is 10.5 Å².